The van der Waals surface area contributed by atoms with Crippen molar-refractivity contribution in [2.24, 2.45) is 0 Å². The number of anilines is 1. The van der Waals surface area contributed by atoms with Crippen LogP contribution in [0.25, 0.3) is 10.1 Å². The van der Waals surface area contributed by atoms with Crippen LogP contribution in [0.2, 0.25) is 0 Å². The molecule has 1 amide bonds. The number of rotatable bonds is 3. The standard InChI is InChI=1S/C16H12FNO2S/c1-20-11-5-2-4-10(8-11)18-16(19)15-9-12-13(17)6-3-7-14(12)21-15/h2-9H,1H3,(H,18,19). The largest absolute Gasteiger partial charge is 0.497 e. The van der Waals surface area contributed by atoms with Crippen LogP contribution in [0.1, 0.15) is 9.67 Å². The van der Waals surface area contributed by atoms with Crippen LogP contribution in [0.3, 0.4) is 0 Å². The third-order valence-electron chi connectivity index (χ3n) is 3.06. The number of fused-ring (bicyclic) bond motifs is 1. The van der Waals surface area contributed by atoms with Crippen LogP contribution < -0.4 is 10.1 Å². The minimum absolute atomic E-state index is 0.260. The molecule has 1 heterocycles. The zero-order chi connectivity index (χ0) is 14.8. The van der Waals surface area contributed by atoms with Crippen molar-refractivity contribution in [3.8, 4) is 5.75 Å². The van der Waals surface area contributed by atoms with E-state index in [1.54, 1.807) is 49.6 Å². The van der Waals surface area contributed by atoms with Gasteiger partial charge in [0.1, 0.15) is 11.6 Å². The molecule has 3 rings (SSSR count). The number of benzene rings is 2. The van der Waals surface area contributed by atoms with E-state index in [9.17, 15) is 9.18 Å². The Hall–Kier alpha value is -2.40. The van der Waals surface area contributed by atoms with Crippen LogP contribution in [-0.4, -0.2) is 13.0 Å². The van der Waals surface area contributed by atoms with Gasteiger partial charge in [-0.2, -0.15) is 0 Å². The quantitative estimate of drug-likeness (QED) is 0.783. The molecule has 0 bridgehead atoms. The van der Waals surface area contributed by atoms with Crippen molar-refractivity contribution in [1.82, 2.24) is 0 Å². The highest BCUT2D eigenvalue weighted by Gasteiger charge is 2.12. The van der Waals surface area contributed by atoms with Crippen LogP contribution in [0.5, 0.6) is 5.75 Å². The van der Waals surface area contributed by atoms with E-state index < -0.39 is 0 Å². The molecule has 0 unspecified atom stereocenters. The number of carbonyl (C=O) groups is 1. The number of hydrogen-bond donors (Lipinski definition) is 1. The number of nitrogens with one attached hydrogen (secondary N) is 1. The summed E-state index contributed by atoms with van der Waals surface area (Å²) in [6, 6.07) is 13.5. The number of hydrogen-bond acceptors (Lipinski definition) is 3. The van der Waals surface area contributed by atoms with E-state index in [4.69, 9.17) is 4.74 Å². The molecule has 21 heavy (non-hydrogen) atoms. The van der Waals surface area contributed by atoms with Gasteiger partial charge < -0.3 is 10.1 Å². The Morgan fingerprint density at radius 3 is 2.76 bits per heavy atom. The van der Waals surface area contributed by atoms with E-state index in [1.165, 1.54) is 17.4 Å². The Bertz CT molecular complexity index is 813. The zero-order valence-corrected chi connectivity index (χ0v) is 12.0. The van der Waals surface area contributed by atoms with Gasteiger partial charge in [-0.05, 0) is 30.3 Å². The number of amides is 1. The molecule has 0 aliphatic rings. The van der Waals surface area contributed by atoms with Crippen molar-refractivity contribution in [3.63, 3.8) is 0 Å². The van der Waals surface area contributed by atoms with Crippen LogP contribution in [0, 0.1) is 5.82 Å². The number of ether oxygens (including phenoxy) is 1. The lowest BCUT2D eigenvalue weighted by atomic mass is 10.2. The first-order chi connectivity index (χ1) is 10.2. The highest BCUT2D eigenvalue weighted by Crippen LogP contribution is 2.28. The third kappa shape index (κ3) is 2.73. The molecule has 1 N–H and O–H groups in total. The van der Waals surface area contributed by atoms with E-state index in [-0.39, 0.29) is 11.7 Å². The fourth-order valence-corrected chi connectivity index (χ4v) is 3.00. The monoisotopic (exact) mass is 301 g/mol. The summed E-state index contributed by atoms with van der Waals surface area (Å²) in [5.41, 5.74) is 0.636. The summed E-state index contributed by atoms with van der Waals surface area (Å²) in [4.78, 5) is 12.7. The van der Waals surface area contributed by atoms with E-state index in [2.05, 4.69) is 5.32 Å². The Kier molecular flexibility index (Phi) is 3.58. The highest BCUT2D eigenvalue weighted by atomic mass is 32.1. The van der Waals surface area contributed by atoms with Gasteiger partial charge in [0.25, 0.3) is 5.91 Å². The Morgan fingerprint density at radius 2 is 2.00 bits per heavy atom. The minimum atomic E-state index is -0.316. The number of thiophene rings is 1. The summed E-state index contributed by atoms with van der Waals surface area (Å²) in [7, 11) is 1.57. The average Bonchev–Trinajstić information content (AvgIpc) is 2.93. The normalized spacial score (nSPS) is 10.6. The first-order valence-corrected chi connectivity index (χ1v) is 7.12. The SMILES string of the molecule is COc1cccc(NC(=O)c2cc3c(F)cccc3s2)c1. The van der Waals surface area contributed by atoms with Crippen molar-refractivity contribution < 1.29 is 13.9 Å². The smallest absolute Gasteiger partial charge is 0.265 e. The maximum absolute atomic E-state index is 13.6. The van der Waals surface area contributed by atoms with Crippen molar-refractivity contribution in [2.75, 3.05) is 12.4 Å². The van der Waals surface area contributed by atoms with Crippen LogP contribution in [0.4, 0.5) is 10.1 Å². The summed E-state index contributed by atoms with van der Waals surface area (Å²) in [5.74, 6) is 0.0863. The molecule has 0 atom stereocenters. The molecular weight excluding hydrogens is 289 g/mol. The molecule has 0 saturated heterocycles. The van der Waals surface area contributed by atoms with Crippen molar-refractivity contribution in [1.29, 1.82) is 0 Å². The van der Waals surface area contributed by atoms with Crippen LogP contribution >= 0.6 is 11.3 Å². The molecule has 1 aromatic heterocycles. The Labute approximate surface area is 125 Å². The van der Waals surface area contributed by atoms with Gasteiger partial charge in [0.15, 0.2) is 0 Å². The molecule has 3 aromatic rings. The number of carbonyl (C=O) groups excluding carboxylic acids is 1. The lowest BCUT2D eigenvalue weighted by Crippen LogP contribution is -2.09. The summed E-state index contributed by atoms with van der Waals surface area (Å²) < 4.78 is 19.5. The highest BCUT2D eigenvalue weighted by molar-refractivity contribution is 7.20. The lowest BCUT2D eigenvalue weighted by molar-refractivity contribution is 0.103. The summed E-state index contributed by atoms with van der Waals surface area (Å²) in [6.07, 6.45) is 0. The third-order valence-corrected chi connectivity index (χ3v) is 4.16. The second-order valence-corrected chi connectivity index (χ2v) is 5.53. The molecule has 2 aromatic carbocycles. The van der Waals surface area contributed by atoms with E-state index >= 15 is 0 Å². The topological polar surface area (TPSA) is 38.3 Å². The summed E-state index contributed by atoms with van der Waals surface area (Å²) in [5, 5.41) is 3.25. The molecular formula is C16H12FNO2S. The predicted octanol–water partition coefficient (Wildman–Crippen LogP) is 4.30. The van der Waals surface area contributed by atoms with Gasteiger partial charge in [0.05, 0.1) is 12.0 Å². The molecule has 0 spiro atoms. The first kappa shape index (κ1) is 13.6. The summed E-state index contributed by atoms with van der Waals surface area (Å²) in [6.45, 7) is 0. The van der Waals surface area contributed by atoms with E-state index in [0.29, 0.717) is 21.7 Å². The van der Waals surface area contributed by atoms with Crippen molar-refractivity contribution >= 4 is 33.0 Å². The van der Waals surface area contributed by atoms with Gasteiger partial charge in [-0.15, -0.1) is 11.3 Å². The predicted molar refractivity (Wildman–Crippen MR) is 82.7 cm³/mol. The lowest BCUT2D eigenvalue weighted by Gasteiger charge is -2.05. The molecule has 0 aliphatic carbocycles. The molecule has 3 nitrogen and oxygen atoms in total. The van der Waals surface area contributed by atoms with Crippen molar-refractivity contribution in [2.45, 2.75) is 0 Å². The van der Waals surface area contributed by atoms with Crippen molar-refractivity contribution in [3.05, 3.63) is 59.2 Å². The van der Waals surface area contributed by atoms with E-state index in [0.717, 1.165) is 4.70 Å². The van der Waals surface area contributed by atoms with Crippen LogP contribution in [0.15, 0.2) is 48.5 Å². The molecule has 0 aliphatic heterocycles. The maximum Gasteiger partial charge on any atom is 0.265 e. The van der Waals surface area contributed by atoms with Gasteiger partial charge >= 0.3 is 0 Å². The molecule has 106 valence electrons. The maximum atomic E-state index is 13.6. The Morgan fingerprint density at radius 1 is 1.19 bits per heavy atom. The van der Waals surface area contributed by atoms with Gasteiger partial charge in [0, 0.05) is 21.8 Å². The fraction of sp³-hybridized carbons (Fsp3) is 0.0625. The minimum Gasteiger partial charge on any atom is -0.497 e. The molecule has 0 fully saturated rings. The Balaban J connectivity index is 1.88. The second kappa shape index (κ2) is 5.54. The second-order valence-electron chi connectivity index (χ2n) is 4.45. The van der Waals surface area contributed by atoms with Gasteiger partial charge in [-0.25, -0.2) is 4.39 Å². The first-order valence-electron chi connectivity index (χ1n) is 6.31. The molecule has 0 saturated carbocycles. The van der Waals surface area contributed by atoms with Gasteiger partial charge in [-0.1, -0.05) is 12.1 Å². The van der Waals surface area contributed by atoms with Gasteiger partial charge in [-0.3, -0.25) is 4.79 Å². The summed E-state index contributed by atoms with van der Waals surface area (Å²) >= 11 is 1.27. The van der Waals surface area contributed by atoms with Crippen LogP contribution in [-0.2, 0) is 0 Å². The van der Waals surface area contributed by atoms with Gasteiger partial charge in [0.2, 0.25) is 0 Å². The fourth-order valence-electron chi connectivity index (χ4n) is 2.03. The number of methoxy groups -OCH3 is 1. The molecule has 0 radical (unpaired) electrons. The van der Waals surface area contributed by atoms with E-state index in [1.807, 2.05) is 0 Å². The zero-order valence-electron chi connectivity index (χ0n) is 11.2. The molecule has 5 heteroatoms. The average molecular weight is 301 g/mol. The number of halogens is 1.